The summed E-state index contributed by atoms with van der Waals surface area (Å²) in [6.07, 6.45) is -0.386. The van der Waals surface area contributed by atoms with Gasteiger partial charge in [0.25, 0.3) is 0 Å². The van der Waals surface area contributed by atoms with Gasteiger partial charge in [-0.25, -0.2) is 0 Å². The summed E-state index contributed by atoms with van der Waals surface area (Å²) < 4.78 is 39.1. The second-order valence-electron chi connectivity index (χ2n) is 10.6. The highest BCUT2D eigenvalue weighted by atomic mass is 19.4. The largest absolute Gasteiger partial charge is 0.416 e. The van der Waals surface area contributed by atoms with Gasteiger partial charge in [-0.2, -0.15) is 13.2 Å². The van der Waals surface area contributed by atoms with E-state index in [4.69, 9.17) is 0 Å². The van der Waals surface area contributed by atoms with Gasteiger partial charge in [0.1, 0.15) is 0 Å². The molecule has 2 unspecified atom stereocenters. The second-order valence-corrected chi connectivity index (χ2v) is 10.6. The Morgan fingerprint density at radius 1 is 1.06 bits per heavy atom. The second kappa shape index (κ2) is 9.94. The lowest BCUT2D eigenvalue weighted by molar-refractivity contribution is -0.147. The van der Waals surface area contributed by atoms with Crippen LogP contribution in [0.5, 0.6) is 0 Å². The Labute approximate surface area is 205 Å². The number of carbonyl (C=O) groups excluding carboxylic acids is 1. The fraction of sp³-hybridized carbons (Fsp3) is 0.536. The van der Waals surface area contributed by atoms with Crippen LogP contribution in [-0.4, -0.2) is 40.6 Å². The van der Waals surface area contributed by atoms with Crippen LogP contribution in [0.3, 0.4) is 0 Å². The summed E-state index contributed by atoms with van der Waals surface area (Å²) in [6, 6.07) is 15.8. The number of likely N-dealkylation sites (tertiary alicyclic amines) is 1. The molecule has 4 nitrogen and oxygen atoms in total. The van der Waals surface area contributed by atoms with Gasteiger partial charge >= 0.3 is 6.18 Å². The van der Waals surface area contributed by atoms with Crippen molar-refractivity contribution < 1.29 is 23.1 Å². The predicted molar refractivity (Wildman–Crippen MR) is 130 cm³/mol. The first-order valence-corrected chi connectivity index (χ1v) is 12.5. The van der Waals surface area contributed by atoms with Crippen LogP contribution in [0.1, 0.15) is 68.6 Å². The quantitative estimate of drug-likeness (QED) is 0.564. The Morgan fingerprint density at radius 2 is 1.74 bits per heavy atom. The van der Waals surface area contributed by atoms with Crippen molar-refractivity contribution in [1.29, 1.82) is 0 Å². The van der Waals surface area contributed by atoms with Gasteiger partial charge in [0.15, 0.2) is 0 Å². The zero-order valence-electron chi connectivity index (χ0n) is 20.4. The average Bonchev–Trinajstić information content (AvgIpc) is 3.30. The van der Waals surface area contributed by atoms with Crippen molar-refractivity contribution in [2.75, 3.05) is 13.1 Å². The molecule has 0 aromatic heterocycles. The van der Waals surface area contributed by atoms with Gasteiger partial charge in [-0.05, 0) is 88.2 Å². The number of carbonyl (C=O) groups is 1. The fourth-order valence-electron chi connectivity index (χ4n) is 5.90. The number of halogens is 3. The van der Waals surface area contributed by atoms with Crippen LogP contribution in [0.4, 0.5) is 13.2 Å². The van der Waals surface area contributed by atoms with Crippen molar-refractivity contribution in [3.8, 4) is 0 Å². The summed E-state index contributed by atoms with van der Waals surface area (Å²) in [6.45, 7) is 5.24. The Bertz CT molecular complexity index is 1010. The number of nitrogens with zero attached hydrogens (tertiary/aromatic N) is 1. The number of benzene rings is 2. The third-order valence-corrected chi connectivity index (χ3v) is 8.12. The third kappa shape index (κ3) is 5.56. The zero-order chi connectivity index (χ0) is 25.3. The lowest BCUT2D eigenvalue weighted by atomic mass is 9.71. The molecular formula is C28H35F3N2O2. The number of amides is 1. The molecule has 2 N–H and O–H groups in total. The van der Waals surface area contributed by atoms with E-state index in [1.807, 2.05) is 6.07 Å². The van der Waals surface area contributed by atoms with Crippen molar-refractivity contribution in [3.05, 3.63) is 71.3 Å². The summed E-state index contributed by atoms with van der Waals surface area (Å²) in [4.78, 5) is 15.9. The molecule has 190 valence electrons. The van der Waals surface area contributed by atoms with Crippen molar-refractivity contribution in [1.82, 2.24) is 10.2 Å². The molecule has 2 aromatic carbocycles. The molecule has 1 aliphatic carbocycles. The average molecular weight is 489 g/mol. The van der Waals surface area contributed by atoms with Crippen molar-refractivity contribution >= 4 is 5.91 Å². The molecule has 0 radical (unpaired) electrons. The van der Waals surface area contributed by atoms with Gasteiger partial charge in [-0.1, -0.05) is 42.5 Å². The fourth-order valence-corrected chi connectivity index (χ4v) is 5.90. The van der Waals surface area contributed by atoms with E-state index in [0.717, 1.165) is 44.5 Å². The molecule has 2 fully saturated rings. The molecule has 2 atom stereocenters. The predicted octanol–water partition coefficient (Wildman–Crippen LogP) is 5.51. The lowest BCUT2D eigenvalue weighted by Crippen LogP contribution is -2.53. The molecule has 2 aromatic rings. The van der Waals surface area contributed by atoms with Crippen molar-refractivity contribution in [3.63, 3.8) is 0 Å². The Morgan fingerprint density at radius 3 is 2.37 bits per heavy atom. The maximum absolute atomic E-state index is 13.4. The third-order valence-electron chi connectivity index (χ3n) is 8.12. The summed E-state index contributed by atoms with van der Waals surface area (Å²) in [5.41, 5.74) is -1.20. The first-order valence-electron chi connectivity index (χ1n) is 12.5. The summed E-state index contributed by atoms with van der Waals surface area (Å²) in [5.74, 6) is 0.257. The van der Waals surface area contributed by atoms with E-state index >= 15 is 0 Å². The summed E-state index contributed by atoms with van der Waals surface area (Å²) in [5, 5.41) is 13.9. The number of hydrogen-bond donors (Lipinski definition) is 2. The van der Waals surface area contributed by atoms with Crippen molar-refractivity contribution in [2.24, 2.45) is 5.41 Å². The molecule has 1 aliphatic heterocycles. The Balaban J connectivity index is 1.40. The van der Waals surface area contributed by atoms with Crippen LogP contribution in [0.15, 0.2) is 54.6 Å². The van der Waals surface area contributed by atoms with Crippen molar-refractivity contribution in [2.45, 2.75) is 76.2 Å². The maximum atomic E-state index is 13.4. The molecule has 0 bridgehead atoms. The minimum Gasteiger partial charge on any atom is -0.389 e. The number of piperidine rings is 1. The monoisotopic (exact) mass is 488 g/mol. The van der Waals surface area contributed by atoms with Crippen LogP contribution < -0.4 is 5.32 Å². The number of aliphatic hydroxyl groups is 1. The van der Waals surface area contributed by atoms with Gasteiger partial charge in [0, 0.05) is 12.6 Å². The van der Waals surface area contributed by atoms with E-state index in [2.05, 4.69) is 34.5 Å². The molecule has 1 heterocycles. The van der Waals surface area contributed by atoms with Crippen LogP contribution in [-0.2, 0) is 17.5 Å². The highest BCUT2D eigenvalue weighted by Crippen LogP contribution is 2.49. The normalized spacial score (nSPS) is 24.5. The molecule has 1 amide bonds. The highest BCUT2D eigenvalue weighted by molar-refractivity contribution is 5.84. The minimum absolute atomic E-state index is 0.00623. The van der Waals surface area contributed by atoms with Gasteiger partial charge in [0.05, 0.1) is 16.6 Å². The first kappa shape index (κ1) is 25.7. The number of rotatable bonds is 6. The molecule has 4 rings (SSSR count). The van der Waals surface area contributed by atoms with E-state index < -0.39 is 22.8 Å². The molecule has 7 heteroatoms. The Kier molecular flexibility index (Phi) is 7.30. The summed E-state index contributed by atoms with van der Waals surface area (Å²) in [7, 11) is 0. The van der Waals surface area contributed by atoms with Gasteiger partial charge in [-0.15, -0.1) is 0 Å². The smallest absolute Gasteiger partial charge is 0.389 e. The topological polar surface area (TPSA) is 52.6 Å². The maximum Gasteiger partial charge on any atom is 0.416 e. The van der Waals surface area contributed by atoms with Gasteiger partial charge in [0.2, 0.25) is 5.91 Å². The van der Waals surface area contributed by atoms with E-state index in [1.54, 1.807) is 19.9 Å². The SMILES string of the molecule is CC(C)(O)C1(C(=O)NCc2cccc(C(F)(F)F)c2)CCC(N2CCC(c3ccccc3)CC2)C1. The van der Waals surface area contributed by atoms with Crippen LogP contribution >= 0.6 is 0 Å². The molecule has 2 aliphatic rings. The van der Waals surface area contributed by atoms with E-state index in [9.17, 15) is 23.1 Å². The van der Waals surface area contributed by atoms with Crippen LogP contribution in [0, 0.1) is 5.41 Å². The molecule has 35 heavy (non-hydrogen) atoms. The van der Waals surface area contributed by atoms with E-state index in [-0.39, 0.29) is 18.5 Å². The zero-order valence-corrected chi connectivity index (χ0v) is 20.4. The standard InChI is InChI=1S/C28H35F3N2O2/c1-26(2,35)27(25(34)32-19-20-7-6-10-23(17-20)28(29,30)31)14-11-24(18-27)33-15-12-22(13-16-33)21-8-4-3-5-9-21/h3-10,17,22,24,35H,11-16,18-19H2,1-2H3,(H,32,34). The Hall–Kier alpha value is -2.38. The minimum atomic E-state index is -4.43. The van der Waals surface area contributed by atoms with Crippen LogP contribution in [0.25, 0.3) is 0 Å². The van der Waals surface area contributed by atoms with E-state index in [1.165, 1.54) is 11.6 Å². The molecule has 0 spiro atoms. The van der Waals surface area contributed by atoms with Gasteiger partial charge < -0.3 is 15.3 Å². The number of alkyl halides is 3. The molecule has 1 saturated carbocycles. The molecule has 1 saturated heterocycles. The first-order chi connectivity index (χ1) is 16.5. The highest BCUT2D eigenvalue weighted by Gasteiger charge is 2.55. The van der Waals surface area contributed by atoms with E-state index in [0.29, 0.717) is 24.3 Å². The van der Waals surface area contributed by atoms with Gasteiger partial charge in [-0.3, -0.25) is 4.79 Å². The molecular weight excluding hydrogens is 453 g/mol. The number of nitrogens with one attached hydrogen (secondary N) is 1. The summed E-state index contributed by atoms with van der Waals surface area (Å²) >= 11 is 0. The van der Waals surface area contributed by atoms with Crippen LogP contribution in [0.2, 0.25) is 0 Å². The lowest BCUT2D eigenvalue weighted by Gasteiger charge is -2.41. The number of hydrogen-bond acceptors (Lipinski definition) is 3.